The first kappa shape index (κ1) is 35.4. The molecule has 7 rings (SSSR count). The Hall–Kier alpha value is -5.74. The van der Waals surface area contributed by atoms with Crippen LogP contribution in [0.2, 0.25) is 0 Å². The number of rotatable bonds is 11. The van der Waals surface area contributed by atoms with Crippen molar-refractivity contribution in [1.29, 1.82) is 0 Å². The summed E-state index contributed by atoms with van der Waals surface area (Å²) in [5, 5.41) is 12.4. The summed E-state index contributed by atoms with van der Waals surface area (Å²) in [6.45, 7) is 3.99. The smallest absolute Gasteiger partial charge is 0.407 e. The molecular formula is C42H52N8O8. The monoisotopic (exact) mass is 800 g/mol. The number of carbonyl (C=O) groups is 4. The van der Waals surface area contributed by atoms with Gasteiger partial charge in [0, 0.05) is 47.6 Å². The summed E-state index contributed by atoms with van der Waals surface area (Å²) in [4.78, 5) is 71.5. The summed E-state index contributed by atoms with van der Waals surface area (Å²) in [7, 11) is 2.26. The summed E-state index contributed by atoms with van der Waals surface area (Å²) in [5.74, 6) is -3.84. The lowest BCUT2D eigenvalue weighted by Gasteiger charge is -2.33. The van der Waals surface area contributed by atoms with Crippen LogP contribution < -0.4 is 5.32 Å². The molecule has 5 atom stereocenters. The number of carbonyl (C=O) groups excluding carboxylic acids is 3. The van der Waals surface area contributed by atoms with Gasteiger partial charge in [0.25, 0.3) is 0 Å². The van der Waals surface area contributed by atoms with E-state index < -0.39 is 60.8 Å². The molecule has 3 saturated heterocycles. The number of imidazole rings is 2. The van der Waals surface area contributed by atoms with E-state index in [1.165, 1.54) is 12.0 Å². The second-order valence-corrected chi connectivity index (χ2v) is 15.2. The lowest BCUT2D eigenvalue weighted by Crippen LogP contribution is -2.52. The number of H-pyrrole nitrogens is 2. The van der Waals surface area contributed by atoms with E-state index in [1.54, 1.807) is 17.3 Å². The van der Waals surface area contributed by atoms with Crippen LogP contribution in [0.25, 0.3) is 33.6 Å². The number of hydrogen-bond donors (Lipinski definition) is 4. The van der Waals surface area contributed by atoms with Gasteiger partial charge < -0.3 is 44.4 Å². The van der Waals surface area contributed by atoms with Crippen molar-refractivity contribution >= 4 is 24.0 Å². The number of nitrogens with one attached hydrogen (secondary N) is 3. The molecule has 4 N–H and O–H groups in total. The van der Waals surface area contributed by atoms with Crippen LogP contribution in [0, 0.1) is 11.8 Å². The Morgan fingerprint density at radius 1 is 0.914 bits per heavy atom. The topological polar surface area (TPSA) is 195 Å². The molecule has 3 fully saturated rings. The molecule has 1 unspecified atom stereocenters. The molecule has 308 valence electrons. The fourth-order valence-corrected chi connectivity index (χ4v) is 7.98. The summed E-state index contributed by atoms with van der Waals surface area (Å²) in [5.41, 5.74) is 4.85. The zero-order valence-corrected chi connectivity index (χ0v) is 33.2. The standard InChI is InChI=1S/C42H52N8O8/c1-24(2)34(47-40(53)56-6)38(51)50-23-42(57-18-19-58-42)20-33(50)37-44-22-31(46-37)29-15-11-27(12-16-29)26-9-13-28(14-10-26)30-21-43-36(45-30)32-8-7-17-49(32)39(52)35(25(3)4)48(5)41(54)55/h9-16,21-22,24-25,32-35H,7-8,17-20,23H2,1-6H3,(H,43,45)(H,44,46)(H,47,53)(H,54,55)/t32-,33-,34-,35-/m0/s1/i3D2,25D,35D/t25?,32-,33-,34-,35-. The molecule has 3 aliphatic heterocycles. The Balaban J connectivity index is 1.05. The van der Waals surface area contributed by atoms with Crippen LogP contribution in [0.3, 0.4) is 0 Å². The minimum atomic E-state index is -2.76. The van der Waals surface area contributed by atoms with Gasteiger partial charge >= 0.3 is 12.2 Å². The van der Waals surface area contributed by atoms with Crippen LogP contribution in [-0.4, -0.2) is 122 Å². The van der Waals surface area contributed by atoms with Gasteiger partial charge in [-0.3, -0.25) is 14.5 Å². The highest BCUT2D eigenvalue weighted by Gasteiger charge is 2.53. The van der Waals surface area contributed by atoms with E-state index in [0.717, 1.165) is 36.2 Å². The fourth-order valence-electron chi connectivity index (χ4n) is 7.98. The molecule has 0 bridgehead atoms. The number of nitrogens with zero attached hydrogens (tertiary/aromatic N) is 5. The minimum absolute atomic E-state index is 0.184. The van der Waals surface area contributed by atoms with Crippen LogP contribution in [0.5, 0.6) is 0 Å². The van der Waals surface area contributed by atoms with E-state index in [4.69, 9.17) is 29.7 Å². The van der Waals surface area contributed by atoms with Crippen molar-refractivity contribution in [3.05, 3.63) is 72.6 Å². The van der Waals surface area contributed by atoms with E-state index >= 15 is 0 Å². The first-order valence-electron chi connectivity index (χ1n) is 21.4. The number of aromatic amines is 2. The van der Waals surface area contributed by atoms with Crippen LogP contribution >= 0.6 is 0 Å². The van der Waals surface area contributed by atoms with Crippen molar-refractivity contribution in [1.82, 2.24) is 40.0 Å². The molecule has 16 nitrogen and oxygen atoms in total. The molecular weight excluding hydrogens is 745 g/mol. The Labute approximate surface area is 342 Å². The number of amides is 4. The molecule has 5 heterocycles. The predicted octanol–water partition coefficient (Wildman–Crippen LogP) is 5.83. The van der Waals surface area contributed by atoms with Gasteiger partial charge in [-0.2, -0.15) is 0 Å². The summed E-state index contributed by atoms with van der Waals surface area (Å²) >= 11 is 0. The maximum absolute atomic E-state index is 14.0. The lowest BCUT2D eigenvalue weighted by atomic mass is 10.0. The molecule has 2 aromatic heterocycles. The Kier molecular flexibility index (Phi) is 10.2. The number of ether oxygens (including phenoxy) is 3. The largest absolute Gasteiger partial charge is 0.465 e. The predicted molar refractivity (Wildman–Crippen MR) is 213 cm³/mol. The number of alkyl carbamates (subject to hydrolysis) is 1. The first-order chi connectivity index (χ1) is 29.4. The third-order valence-corrected chi connectivity index (χ3v) is 11.0. The molecule has 0 saturated carbocycles. The highest BCUT2D eigenvalue weighted by atomic mass is 16.7. The van der Waals surface area contributed by atoms with Crippen LogP contribution in [0.15, 0.2) is 60.9 Å². The normalized spacial score (nSPS) is 22.5. The SMILES string of the molecule is [2H]C([2H])C([2H])(C)[C@@]([2H])(C(=O)N1CCC[C@H]1c1nc(-c2ccc(-c3ccc(-c4c[nH]c([C@@H]5CC6(CN5C(=O)[C@@H](NC(=O)OC)C(C)C)OCCO6)n4)cc3)cc2)c[nH]1)N(C)C(=O)O. The zero-order valence-electron chi connectivity index (χ0n) is 37.2. The number of carboxylic acid groups (broad SMARTS) is 1. The van der Waals surface area contributed by atoms with Gasteiger partial charge in [-0.15, -0.1) is 0 Å². The average molecular weight is 801 g/mol. The molecule has 4 aromatic rings. The molecule has 0 aliphatic carbocycles. The number of likely N-dealkylation sites (tertiary alicyclic amines) is 2. The fraction of sp³-hybridized carbons (Fsp3) is 0.476. The summed E-state index contributed by atoms with van der Waals surface area (Å²) < 4.78 is 50.1. The number of hydrogen-bond acceptors (Lipinski definition) is 9. The van der Waals surface area contributed by atoms with Crippen molar-refractivity contribution in [3.63, 3.8) is 0 Å². The van der Waals surface area contributed by atoms with Gasteiger partial charge in [0.05, 0.1) is 51.7 Å². The molecule has 58 heavy (non-hydrogen) atoms. The van der Waals surface area contributed by atoms with Crippen LogP contribution in [0.4, 0.5) is 9.59 Å². The summed E-state index contributed by atoms with van der Waals surface area (Å²) in [6.07, 6.45) is 2.60. The minimum Gasteiger partial charge on any atom is -0.465 e. The van der Waals surface area contributed by atoms with Crippen molar-refractivity contribution < 1.29 is 44.0 Å². The van der Waals surface area contributed by atoms with E-state index in [9.17, 15) is 24.3 Å². The highest BCUT2D eigenvalue weighted by Crippen LogP contribution is 2.43. The quantitative estimate of drug-likeness (QED) is 0.143. The van der Waals surface area contributed by atoms with Crippen molar-refractivity contribution in [2.24, 2.45) is 11.8 Å². The van der Waals surface area contributed by atoms with Crippen LogP contribution in [0.1, 0.15) is 76.1 Å². The van der Waals surface area contributed by atoms with E-state index in [-0.39, 0.29) is 24.9 Å². The first-order valence-corrected chi connectivity index (χ1v) is 19.3. The third-order valence-electron chi connectivity index (χ3n) is 11.0. The van der Waals surface area contributed by atoms with E-state index in [0.29, 0.717) is 60.4 Å². The average Bonchev–Trinajstić information content (AvgIpc) is 4.12. The third kappa shape index (κ3) is 8.03. The molecule has 2 aromatic carbocycles. The zero-order chi connectivity index (χ0) is 44.7. The number of aromatic nitrogens is 4. The van der Waals surface area contributed by atoms with Gasteiger partial charge in [0.15, 0.2) is 5.79 Å². The maximum atomic E-state index is 14.0. The molecule has 1 spiro atoms. The molecule has 4 amide bonds. The Bertz CT molecular complexity index is 2280. The van der Waals surface area contributed by atoms with Gasteiger partial charge in [-0.05, 0) is 35.8 Å². The van der Waals surface area contributed by atoms with Crippen molar-refractivity contribution in [2.45, 2.75) is 76.8 Å². The number of methoxy groups -OCH3 is 1. The second kappa shape index (κ2) is 16.6. The van der Waals surface area contributed by atoms with Crippen molar-refractivity contribution in [2.75, 3.05) is 40.5 Å². The second-order valence-electron chi connectivity index (χ2n) is 15.2. The van der Waals surface area contributed by atoms with Gasteiger partial charge in [0.1, 0.15) is 23.7 Å². The highest BCUT2D eigenvalue weighted by molar-refractivity contribution is 5.87. The van der Waals surface area contributed by atoms with Crippen LogP contribution in [-0.2, 0) is 23.8 Å². The number of likely N-dealkylation sites (N-methyl/N-ethyl adjacent to an activating group) is 1. The molecule has 16 heteroatoms. The van der Waals surface area contributed by atoms with E-state index in [2.05, 4.69) is 15.3 Å². The van der Waals surface area contributed by atoms with Gasteiger partial charge in [0.2, 0.25) is 11.8 Å². The van der Waals surface area contributed by atoms with Gasteiger partial charge in [-0.25, -0.2) is 19.6 Å². The number of benzene rings is 2. The van der Waals surface area contributed by atoms with Crippen molar-refractivity contribution in [3.8, 4) is 33.6 Å². The Morgan fingerprint density at radius 3 is 1.98 bits per heavy atom. The Morgan fingerprint density at radius 2 is 1.47 bits per heavy atom. The van der Waals surface area contributed by atoms with E-state index in [1.807, 2.05) is 62.4 Å². The maximum Gasteiger partial charge on any atom is 0.407 e. The van der Waals surface area contributed by atoms with Gasteiger partial charge in [-0.1, -0.05) is 76.2 Å². The molecule has 3 aliphatic rings. The summed E-state index contributed by atoms with van der Waals surface area (Å²) in [6, 6.07) is 11.0. The lowest BCUT2D eigenvalue weighted by molar-refractivity contribution is -0.153. The molecule has 0 radical (unpaired) electrons.